The number of methoxy groups -OCH3 is 2. The lowest BCUT2D eigenvalue weighted by atomic mass is 10.2. The Labute approximate surface area is 238 Å². The summed E-state index contributed by atoms with van der Waals surface area (Å²) in [7, 11) is 2.92. The van der Waals surface area contributed by atoms with Crippen molar-refractivity contribution in [2.75, 3.05) is 53.9 Å². The fraction of sp³-hybridized carbons (Fsp3) is 0.310. The smallest absolute Gasteiger partial charge is 0.374 e. The highest BCUT2D eigenvalue weighted by atomic mass is 16.6. The SMILES string of the molecule is COCCOC(=O)c1cc(=O)c2c(OCC(O)COc3cccc4oc(C(=O)OCCOC)cc(=O)c34)cccc2o1. The van der Waals surface area contributed by atoms with Crippen LogP contribution in [-0.4, -0.2) is 77.0 Å². The van der Waals surface area contributed by atoms with E-state index in [0.29, 0.717) is 0 Å². The number of esters is 2. The second kappa shape index (κ2) is 14.3. The van der Waals surface area contributed by atoms with Crippen LogP contribution in [0.4, 0.5) is 0 Å². The maximum absolute atomic E-state index is 12.8. The zero-order chi connectivity index (χ0) is 30.1. The van der Waals surface area contributed by atoms with Gasteiger partial charge >= 0.3 is 11.9 Å². The summed E-state index contributed by atoms with van der Waals surface area (Å²) in [5, 5.41) is 10.6. The third-order valence-corrected chi connectivity index (χ3v) is 5.74. The van der Waals surface area contributed by atoms with Gasteiger partial charge in [-0.15, -0.1) is 0 Å². The summed E-state index contributed by atoms with van der Waals surface area (Å²) in [4.78, 5) is 49.9. The minimum Gasteiger partial charge on any atom is -0.490 e. The van der Waals surface area contributed by atoms with E-state index in [-0.39, 0.29) is 84.6 Å². The summed E-state index contributed by atoms with van der Waals surface area (Å²) in [6.07, 6.45) is -1.18. The van der Waals surface area contributed by atoms with Crippen molar-refractivity contribution in [1.29, 1.82) is 0 Å². The summed E-state index contributed by atoms with van der Waals surface area (Å²) in [6, 6.07) is 11.1. The molecule has 0 fully saturated rings. The molecule has 2 aromatic carbocycles. The van der Waals surface area contributed by atoms with E-state index in [9.17, 15) is 24.3 Å². The quantitative estimate of drug-likeness (QED) is 0.169. The first kappa shape index (κ1) is 30.2. The van der Waals surface area contributed by atoms with E-state index in [2.05, 4.69) is 0 Å². The third kappa shape index (κ3) is 7.32. The Hall–Kier alpha value is -4.72. The number of ether oxygens (including phenoxy) is 6. The minimum absolute atomic E-state index is 0.00511. The van der Waals surface area contributed by atoms with Crippen LogP contribution >= 0.6 is 0 Å². The van der Waals surface area contributed by atoms with E-state index >= 15 is 0 Å². The summed E-state index contributed by atoms with van der Waals surface area (Å²) in [5.41, 5.74) is -0.899. The molecule has 13 heteroatoms. The summed E-state index contributed by atoms with van der Waals surface area (Å²) in [5.74, 6) is -1.94. The molecule has 4 rings (SSSR count). The van der Waals surface area contributed by atoms with Gasteiger partial charge in [-0.05, 0) is 24.3 Å². The van der Waals surface area contributed by atoms with Crippen molar-refractivity contribution in [1.82, 2.24) is 0 Å². The lowest BCUT2D eigenvalue weighted by molar-refractivity contribution is 0.0349. The molecule has 222 valence electrons. The first-order chi connectivity index (χ1) is 20.3. The Morgan fingerprint density at radius 1 is 0.714 bits per heavy atom. The molecule has 42 heavy (non-hydrogen) atoms. The van der Waals surface area contributed by atoms with Crippen molar-refractivity contribution in [3.63, 3.8) is 0 Å². The topological polar surface area (TPSA) is 170 Å². The van der Waals surface area contributed by atoms with Gasteiger partial charge in [0.2, 0.25) is 11.5 Å². The number of hydrogen-bond donors (Lipinski definition) is 1. The van der Waals surface area contributed by atoms with Crippen LogP contribution in [-0.2, 0) is 18.9 Å². The molecule has 2 aromatic heterocycles. The van der Waals surface area contributed by atoms with E-state index in [1.165, 1.54) is 38.5 Å². The maximum atomic E-state index is 12.8. The molecule has 0 saturated heterocycles. The molecule has 0 bridgehead atoms. The normalized spacial score (nSPS) is 11.1. The average Bonchev–Trinajstić information content (AvgIpc) is 2.98. The van der Waals surface area contributed by atoms with Crippen LogP contribution < -0.4 is 20.3 Å². The highest BCUT2D eigenvalue weighted by molar-refractivity contribution is 5.91. The van der Waals surface area contributed by atoms with Gasteiger partial charge in [-0.3, -0.25) is 9.59 Å². The number of carbonyl (C=O) groups is 2. The molecular weight excluding hydrogens is 556 g/mol. The minimum atomic E-state index is -1.18. The fourth-order valence-electron chi connectivity index (χ4n) is 3.80. The third-order valence-electron chi connectivity index (χ3n) is 5.74. The molecule has 2 heterocycles. The number of aliphatic hydroxyl groups is 1. The molecule has 0 spiro atoms. The summed E-state index contributed by atoms with van der Waals surface area (Å²) in [6.45, 7) is -0.195. The van der Waals surface area contributed by atoms with Gasteiger partial charge in [-0.1, -0.05) is 12.1 Å². The van der Waals surface area contributed by atoms with Crippen molar-refractivity contribution in [2.45, 2.75) is 6.10 Å². The Bertz CT molecular complexity index is 1550. The fourth-order valence-corrected chi connectivity index (χ4v) is 3.80. The zero-order valence-corrected chi connectivity index (χ0v) is 22.8. The van der Waals surface area contributed by atoms with Gasteiger partial charge in [-0.2, -0.15) is 0 Å². The molecule has 0 radical (unpaired) electrons. The Kier molecular flexibility index (Phi) is 10.3. The van der Waals surface area contributed by atoms with Crippen molar-refractivity contribution in [3.8, 4) is 11.5 Å². The van der Waals surface area contributed by atoms with E-state index in [4.69, 9.17) is 37.3 Å². The Balaban J connectivity index is 1.42. The lowest BCUT2D eigenvalue weighted by Gasteiger charge is -2.15. The van der Waals surface area contributed by atoms with Crippen LogP contribution in [0.1, 0.15) is 21.1 Å². The molecule has 0 aliphatic heterocycles. The van der Waals surface area contributed by atoms with Crippen molar-refractivity contribution >= 4 is 33.9 Å². The highest BCUT2D eigenvalue weighted by Gasteiger charge is 2.19. The van der Waals surface area contributed by atoms with Gasteiger partial charge in [-0.25, -0.2) is 9.59 Å². The zero-order valence-electron chi connectivity index (χ0n) is 22.8. The van der Waals surface area contributed by atoms with Crippen LogP contribution in [0.2, 0.25) is 0 Å². The first-order valence-corrected chi connectivity index (χ1v) is 12.7. The maximum Gasteiger partial charge on any atom is 0.374 e. The summed E-state index contributed by atoms with van der Waals surface area (Å²) >= 11 is 0. The number of rotatable bonds is 14. The van der Waals surface area contributed by atoms with Gasteiger partial charge in [0.15, 0.2) is 10.9 Å². The van der Waals surface area contributed by atoms with Crippen LogP contribution in [0.15, 0.2) is 67.0 Å². The van der Waals surface area contributed by atoms with Gasteiger partial charge in [0.25, 0.3) is 0 Å². The van der Waals surface area contributed by atoms with Gasteiger partial charge in [0.1, 0.15) is 66.0 Å². The van der Waals surface area contributed by atoms with Crippen LogP contribution in [0.25, 0.3) is 21.9 Å². The molecule has 0 amide bonds. The second-order valence-electron chi connectivity index (χ2n) is 8.74. The van der Waals surface area contributed by atoms with Crippen LogP contribution in [0.5, 0.6) is 11.5 Å². The molecular formula is C29H28O13. The second-order valence-corrected chi connectivity index (χ2v) is 8.74. The van der Waals surface area contributed by atoms with Crippen molar-refractivity contribution in [3.05, 3.63) is 80.5 Å². The van der Waals surface area contributed by atoms with E-state index < -0.39 is 28.9 Å². The van der Waals surface area contributed by atoms with E-state index in [0.717, 1.165) is 12.1 Å². The van der Waals surface area contributed by atoms with E-state index in [1.54, 1.807) is 12.1 Å². The monoisotopic (exact) mass is 584 g/mol. The van der Waals surface area contributed by atoms with Gasteiger partial charge in [0, 0.05) is 26.4 Å². The Morgan fingerprint density at radius 3 is 1.55 bits per heavy atom. The number of hydrogen-bond acceptors (Lipinski definition) is 13. The largest absolute Gasteiger partial charge is 0.490 e. The number of fused-ring (bicyclic) bond motifs is 2. The number of benzene rings is 2. The molecule has 4 aromatic rings. The predicted molar refractivity (Wildman–Crippen MR) is 146 cm³/mol. The molecule has 0 saturated carbocycles. The predicted octanol–water partition coefficient (Wildman–Crippen LogP) is 2.32. The van der Waals surface area contributed by atoms with Gasteiger partial charge in [0.05, 0.1) is 13.2 Å². The average molecular weight is 585 g/mol. The standard InChI is InChI=1S/C29H28O13/c1-35-9-11-37-28(33)24-13-18(31)26-20(5-3-7-22(26)41-24)39-15-17(30)16-40-21-6-4-8-23-27(21)19(32)14-25(42-23)29(34)38-12-10-36-2/h3-8,13-14,17,30H,9-12,15-16H2,1-2H3. The van der Waals surface area contributed by atoms with Crippen LogP contribution in [0.3, 0.4) is 0 Å². The number of carbonyl (C=O) groups excluding carboxylic acids is 2. The molecule has 0 aliphatic rings. The summed E-state index contributed by atoms with van der Waals surface area (Å²) < 4.78 is 42.0. The van der Waals surface area contributed by atoms with Crippen molar-refractivity contribution in [2.24, 2.45) is 0 Å². The molecule has 0 unspecified atom stereocenters. The highest BCUT2D eigenvalue weighted by Crippen LogP contribution is 2.25. The van der Waals surface area contributed by atoms with Gasteiger partial charge < -0.3 is 42.4 Å². The molecule has 13 nitrogen and oxygen atoms in total. The van der Waals surface area contributed by atoms with Crippen molar-refractivity contribution < 1.29 is 52.0 Å². The first-order valence-electron chi connectivity index (χ1n) is 12.7. The lowest BCUT2D eigenvalue weighted by Crippen LogP contribution is -2.25. The molecule has 0 aliphatic carbocycles. The molecule has 0 atom stereocenters. The number of aliphatic hydroxyl groups excluding tert-OH is 1. The molecule has 1 N–H and O–H groups in total. The van der Waals surface area contributed by atoms with E-state index in [1.807, 2.05) is 0 Å². The Morgan fingerprint density at radius 2 is 1.14 bits per heavy atom. The van der Waals surface area contributed by atoms with Crippen LogP contribution in [0, 0.1) is 0 Å².